The summed E-state index contributed by atoms with van der Waals surface area (Å²) in [6, 6.07) is 13.9. The minimum atomic E-state index is -4.98. The number of carbonyl (C=O) groups excluding carboxylic acids is 3. The Morgan fingerprint density at radius 2 is 1.63 bits per heavy atom. The zero-order valence-corrected chi connectivity index (χ0v) is 21.2. The Morgan fingerprint density at radius 1 is 1.05 bits per heavy atom. The van der Waals surface area contributed by atoms with Crippen molar-refractivity contribution in [1.82, 2.24) is 15.1 Å². The Hall–Kier alpha value is -3.86. The van der Waals surface area contributed by atoms with Gasteiger partial charge >= 0.3 is 12.3 Å². The third-order valence-corrected chi connectivity index (χ3v) is 6.12. The van der Waals surface area contributed by atoms with E-state index < -0.39 is 48.8 Å². The Kier molecular flexibility index (Phi) is 9.16. The maximum absolute atomic E-state index is 13.6. The first-order chi connectivity index (χ1) is 17.9. The molecule has 0 spiro atoms. The Morgan fingerprint density at radius 3 is 2.16 bits per heavy atom. The molecule has 0 fully saturated rings. The summed E-state index contributed by atoms with van der Waals surface area (Å²) < 4.78 is 45.1. The number of ether oxygens (including phenoxy) is 1. The van der Waals surface area contributed by atoms with Gasteiger partial charge in [0.1, 0.15) is 12.6 Å². The molecule has 2 aromatic rings. The van der Waals surface area contributed by atoms with Crippen molar-refractivity contribution in [3.05, 3.63) is 78.0 Å². The highest BCUT2D eigenvalue weighted by molar-refractivity contribution is 5.99. The normalized spacial score (nSPS) is 17.6. The van der Waals surface area contributed by atoms with Crippen LogP contribution in [0.25, 0.3) is 5.70 Å². The van der Waals surface area contributed by atoms with Crippen molar-refractivity contribution in [2.45, 2.75) is 44.6 Å². The van der Waals surface area contributed by atoms with E-state index in [4.69, 9.17) is 4.74 Å². The lowest BCUT2D eigenvalue weighted by Crippen LogP contribution is -2.58. The molecular formula is C27H30F3N3O5. The van der Waals surface area contributed by atoms with Crippen LogP contribution in [0.2, 0.25) is 0 Å². The van der Waals surface area contributed by atoms with Crippen LogP contribution in [0, 0.1) is 5.92 Å². The molecule has 38 heavy (non-hydrogen) atoms. The van der Waals surface area contributed by atoms with Crippen molar-refractivity contribution in [1.29, 1.82) is 0 Å². The van der Waals surface area contributed by atoms with E-state index in [0.29, 0.717) is 11.1 Å². The summed E-state index contributed by atoms with van der Waals surface area (Å²) in [6.07, 6.45) is -7.47. The molecule has 1 aliphatic heterocycles. The standard InChI is InChI=1S/C27H30F3N3O5/c1-17(2)23-25(36)32(21(15-33(23)26(37)38-3)19-12-8-5-9-13-19)16-22(34)31-20(24(35)27(28,29)30)14-18-10-6-4-7-11-18/h4-13,15,17,20,23-24,35H,14,16H2,1-3H3,(H,31,34). The van der Waals surface area contributed by atoms with Gasteiger partial charge in [0, 0.05) is 6.20 Å². The largest absolute Gasteiger partial charge is 0.452 e. The SMILES string of the molecule is COC(=O)N1C=C(c2ccccc2)N(CC(=O)NC(Cc2ccccc2)C(O)C(F)(F)F)C(=O)C1C(C)C. The summed E-state index contributed by atoms with van der Waals surface area (Å²) in [5.74, 6) is -1.88. The number of amides is 3. The lowest BCUT2D eigenvalue weighted by Gasteiger charge is -2.40. The number of alkyl halides is 3. The van der Waals surface area contributed by atoms with E-state index in [1.165, 1.54) is 13.3 Å². The molecule has 3 atom stereocenters. The number of hydrogen-bond donors (Lipinski definition) is 2. The third-order valence-electron chi connectivity index (χ3n) is 6.12. The number of methoxy groups -OCH3 is 1. The number of hydrogen-bond acceptors (Lipinski definition) is 5. The second-order valence-corrected chi connectivity index (χ2v) is 9.22. The van der Waals surface area contributed by atoms with E-state index in [2.05, 4.69) is 5.32 Å². The van der Waals surface area contributed by atoms with Crippen molar-refractivity contribution >= 4 is 23.6 Å². The van der Waals surface area contributed by atoms with E-state index >= 15 is 0 Å². The monoisotopic (exact) mass is 533 g/mol. The van der Waals surface area contributed by atoms with Crippen LogP contribution in [0.1, 0.15) is 25.0 Å². The molecular weight excluding hydrogens is 503 g/mol. The van der Waals surface area contributed by atoms with Crippen molar-refractivity contribution in [2.75, 3.05) is 13.7 Å². The maximum atomic E-state index is 13.6. The summed E-state index contributed by atoms with van der Waals surface area (Å²) in [5, 5.41) is 12.3. The van der Waals surface area contributed by atoms with Gasteiger partial charge in [0.2, 0.25) is 5.91 Å². The van der Waals surface area contributed by atoms with Gasteiger partial charge in [0.25, 0.3) is 5.91 Å². The fraction of sp³-hybridized carbons (Fsp3) is 0.370. The number of nitrogens with one attached hydrogen (secondary N) is 1. The second-order valence-electron chi connectivity index (χ2n) is 9.22. The number of rotatable bonds is 8. The molecule has 204 valence electrons. The van der Waals surface area contributed by atoms with Crippen LogP contribution in [0.4, 0.5) is 18.0 Å². The zero-order valence-electron chi connectivity index (χ0n) is 21.2. The molecule has 1 aliphatic rings. The molecule has 0 radical (unpaired) electrons. The molecule has 0 aromatic heterocycles. The lowest BCUT2D eigenvalue weighted by atomic mass is 9.97. The van der Waals surface area contributed by atoms with Gasteiger partial charge in [-0.1, -0.05) is 74.5 Å². The quantitative estimate of drug-likeness (QED) is 0.541. The van der Waals surface area contributed by atoms with Crippen molar-refractivity contribution < 1.29 is 37.4 Å². The van der Waals surface area contributed by atoms with E-state index in [1.54, 1.807) is 74.5 Å². The van der Waals surface area contributed by atoms with Gasteiger partial charge in [-0.2, -0.15) is 13.2 Å². The van der Waals surface area contributed by atoms with Crippen molar-refractivity contribution in [3.63, 3.8) is 0 Å². The summed E-state index contributed by atoms with van der Waals surface area (Å²) in [5.41, 5.74) is 1.18. The van der Waals surface area contributed by atoms with Crippen LogP contribution in [0.5, 0.6) is 0 Å². The molecule has 0 saturated carbocycles. The first-order valence-electron chi connectivity index (χ1n) is 12.0. The predicted molar refractivity (Wildman–Crippen MR) is 133 cm³/mol. The Bertz CT molecular complexity index is 1160. The highest BCUT2D eigenvalue weighted by atomic mass is 19.4. The smallest absolute Gasteiger partial charge is 0.416 e. The third kappa shape index (κ3) is 6.71. The number of halogens is 3. The average Bonchev–Trinajstić information content (AvgIpc) is 2.88. The van der Waals surface area contributed by atoms with E-state index in [-0.39, 0.29) is 18.0 Å². The number of aliphatic hydroxyl groups is 1. The van der Waals surface area contributed by atoms with Gasteiger partial charge in [-0.05, 0) is 23.5 Å². The zero-order chi connectivity index (χ0) is 28.0. The van der Waals surface area contributed by atoms with Gasteiger partial charge in [0.15, 0.2) is 6.10 Å². The molecule has 11 heteroatoms. The number of benzene rings is 2. The van der Waals surface area contributed by atoms with Crippen LogP contribution in [0.15, 0.2) is 66.9 Å². The summed E-state index contributed by atoms with van der Waals surface area (Å²) in [6.45, 7) is 2.80. The van der Waals surface area contributed by atoms with E-state index in [9.17, 15) is 32.7 Å². The maximum Gasteiger partial charge on any atom is 0.416 e. The predicted octanol–water partition coefficient (Wildman–Crippen LogP) is 3.57. The first kappa shape index (κ1) is 28.7. The molecule has 8 nitrogen and oxygen atoms in total. The van der Waals surface area contributed by atoms with Gasteiger partial charge in [-0.15, -0.1) is 0 Å². The van der Waals surface area contributed by atoms with Crippen LogP contribution < -0.4 is 5.32 Å². The van der Waals surface area contributed by atoms with Crippen LogP contribution in [-0.2, 0) is 20.7 Å². The van der Waals surface area contributed by atoms with Gasteiger partial charge in [-0.3, -0.25) is 19.4 Å². The van der Waals surface area contributed by atoms with Gasteiger partial charge < -0.3 is 15.2 Å². The molecule has 0 aliphatic carbocycles. The summed E-state index contributed by atoms with van der Waals surface area (Å²) in [7, 11) is 1.18. The topological polar surface area (TPSA) is 99.2 Å². The molecule has 3 rings (SSSR count). The van der Waals surface area contributed by atoms with Gasteiger partial charge in [0.05, 0.1) is 18.8 Å². The summed E-state index contributed by atoms with van der Waals surface area (Å²) in [4.78, 5) is 41.5. The number of carbonyl (C=O) groups is 3. The van der Waals surface area contributed by atoms with Gasteiger partial charge in [-0.25, -0.2) is 4.79 Å². The summed E-state index contributed by atoms with van der Waals surface area (Å²) >= 11 is 0. The fourth-order valence-corrected chi connectivity index (χ4v) is 4.29. The number of nitrogens with zero attached hydrogens (tertiary/aromatic N) is 2. The molecule has 0 saturated heterocycles. The van der Waals surface area contributed by atoms with E-state index in [0.717, 1.165) is 9.80 Å². The molecule has 3 unspecified atom stereocenters. The van der Waals surface area contributed by atoms with Crippen LogP contribution in [-0.4, -0.2) is 70.8 Å². The highest BCUT2D eigenvalue weighted by Crippen LogP contribution is 2.30. The average molecular weight is 534 g/mol. The molecule has 3 amide bonds. The van der Waals surface area contributed by atoms with E-state index in [1.807, 2.05) is 0 Å². The second kappa shape index (κ2) is 12.1. The van der Waals surface area contributed by atoms with Crippen LogP contribution >= 0.6 is 0 Å². The molecule has 0 bridgehead atoms. The fourth-order valence-electron chi connectivity index (χ4n) is 4.29. The first-order valence-corrected chi connectivity index (χ1v) is 12.0. The molecule has 1 heterocycles. The molecule has 2 aromatic carbocycles. The van der Waals surface area contributed by atoms with Crippen molar-refractivity contribution in [3.8, 4) is 0 Å². The minimum Gasteiger partial charge on any atom is -0.452 e. The Balaban J connectivity index is 1.94. The molecule has 2 N–H and O–H groups in total. The lowest BCUT2D eigenvalue weighted by molar-refractivity contribution is -0.212. The van der Waals surface area contributed by atoms with Crippen LogP contribution in [0.3, 0.4) is 0 Å². The van der Waals surface area contributed by atoms with Crippen molar-refractivity contribution in [2.24, 2.45) is 5.92 Å². The Labute approximate surface area is 218 Å². The minimum absolute atomic E-state index is 0.198. The highest BCUT2D eigenvalue weighted by Gasteiger charge is 2.45. The number of aliphatic hydroxyl groups excluding tert-OH is 1.